The minimum atomic E-state index is -0.427. The van der Waals surface area contributed by atoms with E-state index in [1.807, 2.05) is 52.1 Å². The van der Waals surface area contributed by atoms with Gasteiger partial charge in [-0.1, -0.05) is 0 Å². The quantitative estimate of drug-likeness (QED) is 0.613. The molecule has 4 heteroatoms. The van der Waals surface area contributed by atoms with Gasteiger partial charge in [-0.3, -0.25) is 15.5 Å². The second kappa shape index (κ2) is 4.37. The summed E-state index contributed by atoms with van der Waals surface area (Å²) in [4.78, 5) is 6.20. The molecule has 0 aliphatic heterocycles. The third-order valence-corrected chi connectivity index (χ3v) is 2.82. The highest BCUT2D eigenvalue weighted by molar-refractivity contribution is 4.88. The number of hydrogen-bond acceptors (Lipinski definition) is 4. The molecule has 0 bridgehead atoms. The first-order valence-electron chi connectivity index (χ1n) is 4.54. The lowest BCUT2D eigenvalue weighted by Crippen LogP contribution is -2.71. The Labute approximate surface area is 82.3 Å². The molecule has 0 saturated heterocycles. The Morgan fingerprint density at radius 2 is 1.23 bits per heavy atom. The van der Waals surface area contributed by atoms with Gasteiger partial charge in [0.15, 0.2) is 0 Å². The highest BCUT2D eigenvalue weighted by Crippen LogP contribution is 2.16. The maximum absolute atomic E-state index is 6.34. The molecule has 80 valence electrons. The van der Waals surface area contributed by atoms with Crippen LogP contribution in [-0.2, 0) is 0 Å². The average molecular weight is 188 g/mol. The summed E-state index contributed by atoms with van der Waals surface area (Å²) in [7, 11) is 12.1. The van der Waals surface area contributed by atoms with E-state index >= 15 is 0 Å². The predicted octanol–water partition coefficient (Wildman–Crippen LogP) is -0.328. The van der Waals surface area contributed by atoms with E-state index in [-0.39, 0.29) is 6.04 Å². The molecular weight excluding hydrogens is 164 g/mol. The summed E-state index contributed by atoms with van der Waals surface area (Å²) in [6.45, 7) is 2.12. The van der Waals surface area contributed by atoms with Crippen molar-refractivity contribution in [2.75, 3.05) is 42.3 Å². The van der Waals surface area contributed by atoms with Crippen molar-refractivity contribution in [3.63, 3.8) is 0 Å². The third-order valence-electron chi connectivity index (χ3n) is 2.82. The van der Waals surface area contributed by atoms with E-state index in [0.717, 1.165) is 0 Å². The number of nitrogens with zero attached hydrogens (tertiary/aromatic N) is 3. The first-order chi connectivity index (χ1) is 5.74. The predicted molar refractivity (Wildman–Crippen MR) is 57.4 cm³/mol. The number of rotatable bonds is 4. The highest BCUT2D eigenvalue weighted by Gasteiger charge is 2.37. The van der Waals surface area contributed by atoms with Gasteiger partial charge in [0.25, 0.3) is 0 Å². The van der Waals surface area contributed by atoms with Crippen LogP contribution in [0, 0.1) is 0 Å². The van der Waals surface area contributed by atoms with Gasteiger partial charge < -0.3 is 4.90 Å². The minimum absolute atomic E-state index is 0.262. The van der Waals surface area contributed by atoms with Crippen LogP contribution in [-0.4, -0.2) is 68.8 Å². The molecule has 0 radical (unpaired) electrons. The molecule has 0 fully saturated rings. The molecular formula is C9H24N4. The van der Waals surface area contributed by atoms with Crippen LogP contribution in [0.15, 0.2) is 0 Å². The molecule has 0 spiro atoms. The molecule has 0 saturated carbocycles. The molecule has 1 atom stereocenters. The first kappa shape index (κ1) is 12.8. The van der Waals surface area contributed by atoms with E-state index in [1.54, 1.807) is 0 Å². The van der Waals surface area contributed by atoms with Crippen molar-refractivity contribution < 1.29 is 0 Å². The lowest BCUT2D eigenvalue weighted by molar-refractivity contribution is -0.0494. The molecule has 0 heterocycles. The van der Waals surface area contributed by atoms with E-state index in [9.17, 15) is 0 Å². The Kier molecular flexibility index (Phi) is 4.32. The summed E-state index contributed by atoms with van der Waals surface area (Å²) >= 11 is 0. The van der Waals surface area contributed by atoms with E-state index < -0.39 is 5.79 Å². The Morgan fingerprint density at radius 1 is 0.923 bits per heavy atom. The fourth-order valence-electron chi connectivity index (χ4n) is 1.53. The molecule has 1 unspecified atom stereocenters. The molecule has 0 rings (SSSR count). The molecule has 0 aliphatic carbocycles. The molecule has 13 heavy (non-hydrogen) atoms. The largest absolute Gasteiger partial charge is 0.302 e. The summed E-state index contributed by atoms with van der Waals surface area (Å²) in [5.41, 5.74) is 6.34. The van der Waals surface area contributed by atoms with Crippen LogP contribution in [0.25, 0.3) is 0 Å². The van der Waals surface area contributed by atoms with Gasteiger partial charge in [-0.05, 0) is 49.2 Å². The van der Waals surface area contributed by atoms with Crippen LogP contribution in [0.5, 0.6) is 0 Å². The number of likely N-dealkylation sites (N-methyl/N-ethyl adjacent to an activating group) is 3. The highest BCUT2D eigenvalue weighted by atomic mass is 15.5. The van der Waals surface area contributed by atoms with Gasteiger partial charge in [0, 0.05) is 0 Å². The molecule has 2 N–H and O–H groups in total. The Hall–Kier alpha value is -0.160. The van der Waals surface area contributed by atoms with Crippen molar-refractivity contribution >= 4 is 0 Å². The zero-order valence-corrected chi connectivity index (χ0v) is 10.00. The first-order valence-corrected chi connectivity index (χ1v) is 4.54. The van der Waals surface area contributed by atoms with Crippen LogP contribution < -0.4 is 5.73 Å². The molecule has 0 aromatic heterocycles. The lowest BCUT2D eigenvalue weighted by atomic mass is 10.1. The van der Waals surface area contributed by atoms with Crippen molar-refractivity contribution in [1.29, 1.82) is 0 Å². The van der Waals surface area contributed by atoms with Gasteiger partial charge in [0.2, 0.25) is 0 Å². The van der Waals surface area contributed by atoms with Gasteiger partial charge in [0.1, 0.15) is 5.79 Å². The maximum Gasteiger partial charge on any atom is 0.140 e. The molecule has 0 aromatic carbocycles. The third kappa shape index (κ3) is 2.40. The van der Waals surface area contributed by atoms with Crippen LogP contribution in [0.3, 0.4) is 0 Å². The van der Waals surface area contributed by atoms with Crippen LogP contribution in [0.4, 0.5) is 0 Å². The van der Waals surface area contributed by atoms with Gasteiger partial charge >= 0.3 is 0 Å². The van der Waals surface area contributed by atoms with Gasteiger partial charge in [-0.2, -0.15) is 0 Å². The number of nitrogens with two attached hydrogens (primary N) is 1. The summed E-state index contributed by atoms with van der Waals surface area (Å²) < 4.78 is 0. The molecule has 0 aromatic rings. The maximum atomic E-state index is 6.34. The summed E-state index contributed by atoms with van der Waals surface area (Å²) in [5.74, 6) is -0.427. The number of hydrogen-bond donors (Lipinski definition) is 1. The van der Waals surface area contributed by atoms with Crippen molar-refractivity contribution in [3.05, 3.63) is 0 Å². The van der Waals surface area contributed by atoms with E-state index in [1.165, 1.54) is 0 Å². The van der Waals surface area contributed by atoms with E-state index in [4.69, 9.17) is 5.73 Å². The Balaban J connectivity index is 4.79. The van der Waals surface area contributed by atoms with Crippen molar-refractivity contribution in [2.24, 2.45) is 5.73 Å². The molecule has 4 nitrogen and oxygen atoms in total. The SMILES string of the molecule is CC(N(C)C)C(N)(N(C)C)N(C)C. The van der Waals surface area contributed by atoms with Crippen molar-refractivity contribution in [2.45, 2.75) is 18.8 Å². The average Bonchev–Trinajstić information content (AvgIpc) is 2.00. The zero-order valence-electron chi connectivity index (χ0n) is 10.00. The minimum Gasteiger partial charge on any atom is -0.302 e. The van der Waals surface area contributed by atoms with Gasteiger partial charge in [-0.25, -0.2) is 0 Å². The van der Waals surface area contributed by atoms with Gasteiger partial charge in [0.05, 0.1) is 6.04 Å². The monoisotopic (exact) mass is 188 g/mol. The van der Waals surface area contributed by atoms with Crippen molar-refractivity contribution in [3.8, 4) is 0 Å². The summed E-state index contributed by atoms with van der Waals surface area (Å²) in [5, 5.41) is 0. The topological polar surface area (TPSA) is 35.7 Å². The van der Waals surface area contributed by atoms with Crippen LogP contribution in [0.1, 0.15) is 6.92 Å². The lowest BCUT2D eigenvalue weighted by Gasteiger charge is -2.48. The van der Waals surface area contributed by atoms with Gasteiger partial charge in [-0.15, -0.1) is 0 Å². The Bertz CT molecular complexity index is 146. The smallest absolute Gasteiger partial charge is 0.140 e. The second-order valence-corrected chi connectivity index (χ2v) is 4.21. The van der Waals surface area contributed by atoms with Crippen molar-refractivity contribution in [1.82, 2.24) is 14.7 Å². The van der Waals surface area contributed by atoms with E-state index in [0.29, 0.717) is 0 Å². The summed E-state index contributed by atoms with van der Waals surface area (Å²) in [6, 6.07) is 0.262. The molecule has 0 aliphatic rings. The molecule has 0 amide bonds. The Morgan fingerprint density at radius 3 is 1.31 bits per heavy atom. The van der Waals surface area contributed by atoms with Crippen LogP contribution >= 0.6 is 0 Å². The second-order valence-electron chi connectivity index (χ2n) is 4.21. The van der Waals surface area contributed by atoms with E-state index in [2.05, 4.69) is 11.8 Å². The standard InChI is InChI=1S/C9H24N4/c1-8(11(2)3)9(10,12(4)5)13(6)7/h8H,10H2,1-7H3. The fourth-order valence-corrected chi connectivity index (χ4v) is 1.53. The zero-order chi connectivity index (χ0) is 10.8. The fraction of sp³-hybridized carbons (Fsp3) is 1.00. The summed E-state index contributed by atoms with van der Waals surface area (Å²) in [6.07, 6.45) is 0. The normalized spacial score (nSPS) is 15.9. The van der Waals surface area contributed by atoms with Crippen LogP contribution in [0.2, 0.25) is 0 Å².